The average Bonchev–Trinajstić information content (AvgIpc) is 3.27. The van der Waals surface area contributed by atoms with Crippen LogP contribution in [-0.2, 0) is 11.2 Å². The van der Waals surface area contributed by atoms with Crippen LogP contribution in [0.5, 0.6) is 17.2 Å². The third-order valence-corrected chi connectivity index (χ3v) is 8.67. The first kappa shape index (κ1) is 26.3. The summed E-state index contributed by atoms with van der Waals surface area (Å²) in [4.78, 5) is 31.3. The maximum atomic E-state index is 14.0. The van der Waals surface area contributed by atoms with Crippen LogP contribution in [0.3, 0.4) is 0 Å². The molecule has 9 heteroatoms. The van der Waals surface area contributed by atoms with E-state index in [9.17, 15) is 9.59 Å². The van der Waals surface area contributed by atoms with E-state index in [1.807, 2.05) is 41.0 Å². The summed E-state index contributed by atoms with van der Waals surface area (Å²) in [6.07, 6.45) is 3.53. The van der Waals surface area contributed by atoms with Crippen molar-refractivity contribution in [2.75, 3.05) is 14.2 Å². The Morgan fingerprint density at radius 3 is 2.58 bits per heavy atom. The molecule has 1 aromatic heterocycles. The number of carbonyl (C=O) groups is 1. The molecule has 1 aliphatic heterocycles. The Hall–Kier alpha value is -3.95. The van der Waals surface area contributed by atoms with Crippen molar-refractivity contribution in [1.82, 2.24) is 4.57 Å². The first-order valence-corrected chi connectivity index (χ1v) is 14.3. The van der Waals surface area contributed by atoms with E-state index in [2.05, 4.69) is 34.1 Å². The number of aryl methyl sites for hydroxylation is 1. The molecule has 7 nitrogen and oxygen atoms in total. The fraction of sp³-hybridized carbons (Fsp3) is 0.194. The van der Waals surface area contributed by atoms with E-state index in [1.54, 1.807) is 19.2 Å². The van der Waals surface area contributed by atoms with Gasteiger partial charge in [0.25, 0.3) is 5.56 Å². The molecule has 202 valence electrons. The lowest BCUT2D eigenvalue weighted by Crippen LogP contribution is -2.38. The molecule has 3 aromatic carbocycles. The zero-order valence-corrected chi connectivity index (χ0v) is 24.5. The lowest BCUT2D eigenvalue weighted by Gasteiger charge is -2.30. The molecule has 2 aliphatic rings. The smallest absolute Gasteiger partial charge is 0.308 e. The summed E-state index contributed by atoms with van der Waals surface area (Å²) in [6, 6.07) is 19.5. The number of rotatable bonds is 5. The molecule has 0 saturated carbocycles. The van der Waals surface area contributed by atoms with Crippen molar-refractivity contribution in [3.05, 3.63) is 113 Å². The number of carbonyl (C=O) groups excluding carboxylic acids is 1. The number of aromatic nitrogens is 1. The summed E-state index contributed by atoms with van der Waals surface area (Å²) < 4.78 is 19.1. The molecular weight excluding hydrogens is 592 g/mol. The van der Waals surface area contributed by atoms with E-state index < -0.39 is 5.97 Å². The molecule has 40 heavy (non-hydrogen) atoms. The van der Waals surface area contributed by atoms with Gasteiger partial charge in [-0.05, 0) is 81.4 Å². The first-order chi connectivity index (χ1) is 19.4. The second-order valence-corrected chi connectivity index (χ2v) is 11.4. The Balaban J connectivity index is 1.55. The number of thiazole rings is 1. The number of hydrogen-bond donors (Lipinski definition) is 0. The molecule has 1 atom stereocenters. The second kappa shape index (κ2) is 10.6. The highest BCUT2D eigenvalue weighted by Gasteiger charge is 2.32. The van der Waals surface area contributed by atoms with Crippen LogP contribution in [0.15, 0.2) is 80.5 Å². The van der Waals surface area contributed by atoms with E-state index >= 15 is 0 Å². The minimum Gasteiger partial charge on any atom is -0.497 e. The molecule has 0 radical (unpaired) electrons. The largest absolute Gasteiger partial charge is 0.497 e. The maximum Gasteiger partial charge on any atom is 0.308 e. The number of nitrogens with zero attached hydrogens (tertiary/aromatic N) is 2. The van der Waals surface area contributed by atoms with Gasteiger partial charge in [0, 0.05) is 12.5 Å². The quantitative estimate of drug-likeness (QED) is 0.232. The molecule has 1 aliphatic carbocycles. The van der Waals surface area contributed by atoms with E-state index in [0.29, 0.717) is 25.3 Å². The van der Waals surface area contributed by atoms with Crippen LogP contribution in [0, 0.1) is 0 Å². The van der Waals surface area contributed by atoms with Crippen LogP contribution < -0.4 is 29.1 Å². The minimum absolute atomic E-state index is 0.117. The zero-order chi connectivity index (χ0) is 28.0. The molecule has 4 aromatic rings. The zero-order valence-electron chi connectivity index (χ0n) is 22.1. The molecule has 2 heterocycles. The van der Waals surface area contributed by atoms with Crippen LogP contribution in [0.25, 0.3) is 11.8 Å². The second-order valence-electron chi connectivity index (χ2n) is 9.51. The summed E-state index contributed by atoms with van der Waals surface area (Å²) in [5, 5.41) is 0. The highest BCUT2D eigenvalue weighted by Crippen LogP contribution is 2.41. The van der Waals surface area contributed by atoms with Crippen molar-refractivity contribution in [3.63, 3.8) is 0 Å². The minimum atomic E-state index is -0.455. The molecule has 0 amide bonds. The molecule has 0 saturated heterocycles. The highest BCUT2D eigenvalue weighted by atomic mass is 79.9. The van der Waals surface area contributed by atoms with Crippen molar-refractivity contribution < 1.29 is 19.0 Å². The third kappa shape index (κ3) is 4.59. The number of benzene rings is 3. The van der Waals surface area contributed by atoms with Crippen molar-refractivity contribution in [3.8, 4) is 17.2 Å². The summed E-state index contributed by atoms with van der Waals surface area (Å²) in [5.74, 6) is 0.978. The molecule has 6 rings (SSSR count). The van der Waals surface area contributed by atoms with Gasteiger partial charge < -0.3 is 14.2 Å². The van der Waals surface area contributed by atoms with Crippen molar-refractivity contribution in [2.45, 2.75) is 25.8 Å². The van der Waals surface area contributed by atoms with E-state index in [4.69, 9.17) is 19.2 Å². The molecule has 0 spiro atoms. The van der Waals surface area contributed by atoms with Crippen LogP contribution >= 0.6 is 27.3 Å². The van der Waals surface area contributed by atoms with E-state index in [-0.39, 0.29) is 11.6 Å². The standard InChI is InChI=1S/C31H25BrN2O5S/c1-17(35)39-29-24(32)14-18(15-25(29)38-3)16-26-30(36)34-28(20-8-11-21(37-2)12-9-20)23-13-10-19-6-4-5-7-22(19)27(23)33-31(34)40-26/h4-9,11-12,14-16,28H,10,13H2,1-3H3/b26-16-/t28-/m1/s1. The van der Waals surface area contributed by atoms with Crippen LogP contribution in [0.1, 0.15) is 41.6 Å². The van der Waals surface area contributed by atoms with Crippen LogP contribution in [-0.4, -0.2) is 24.8 Å². The number of allylic oxidation sites excluding steroid dienone is 1. The lowest BCUT2D eigenvalue weighted by atomic mass is 9.83. The Kier molecular flexibility index (Phi) is 6.93. The van der Waals surface area contributed by atoms with Crippen molar-refractivity contribution in [1.29, 1.82) is 0 Å². The average molecular weight is 618 g/mol. The van der Waals surface area contributed by atoms with E-state index in [1.165, 1.54) is 30.9 Å². The Bertz CT molecular complexity index is 1870. The Labute approximate surface area is 242 Å². The fourth-order valence-corrected chi connectivity index (χ4v) is 6.87. The van der Waals surface area contributed by atoms with Gasteiger partial charge in [0.1, 0.15) is 5.75 Å². The SMILES string of the molecule is COc1ccc([C@@H]2C3=C(N=c4s/c(=C\c5cc(Br)c(OC(C)=O)c(OC)c5)c(=O)n42)c2ccccc2CC3)cc1. The van der Waals surface area contributed by atoms with Gasteiger partial charge in [-0.25, -0.2) is 4.99 Å². The number of hydrogen-bond acceptors (Lipinski definition) is 7. The summed E-state index contributed by atoms with van der Waals surface area (Å²) >= 11 is 4.83. The maximum absolute atomic E-state index is 14.0. The third-order valence-electron chi connectivity index (χ3n) is 7.10. The summed E-state index contributed by atoms with van der Waals surface area (Å²) in [5.41, 5.74) is 6.08. The van der Waals surface area contributed by atoms with Gasteiger partial charge in [-0.1, -0.05) is 47.7 Å². The molecular formula is C31H25BrN2O5S. The topological polar surface area (TPSA) is 79.1 Å². The summed E-state index contributed by atoms with van der Waals surface area (Å²) in [7, 11) is 3.15. The first-order valence-electron chi connectivity index (χ1n) is 12.7. The normalized spacial score (nSPS) is 16.0. The van der Waals surface area contributed by atoms with Gasteiger partial charge >= 0.3 is 5.97 Å². The molecule has 0 N–H and O–H groups in total. The van der Waals surface area contributed by atoms with Crippen LogP contribution in [0.2, 0.25) is 0 Å². The van der Waals surface area contributed by atoms with Gasteiger partial charge in [0.2, 0.25) is 0 Å². The van der Waals surface area contributed by atoms with Gasteiger partial charge in [-0.3, -0.25) is 14.2 Å². The van der Waals surface area contributed by atoms with Gasteiger partial charge in [0.05, 0.1) is 35.0 Å². The van der Waals surface area contributed by atoms with E-state index in [0.717, 1.165) is 46.6 Å². The number of esters is 1. The highest BCUT2D eigenvalue weighted by molar-refractivity contribution is 9.10. The molecule has 0 bridgehead atoms. The van der Waals surface area contributed by atoms with Crippen LogP contribution in [0.4, 0.5) is 0 Å². The van der Waals surface area contributed by atoms with Crippen molar-refractivity contribution >= 4 is 45.0 Å². The number of ether oxygens (including phenoxy) is 3. The Morgan fingerprint density at radius 2 is 1.85 bits per heavy atom. The summed E-state index contributed by atoms with van der Waals surface area (Å²) in [6.45, 7) is 1.33. The molecule has 0 fully saturated rings. The predicted molar refractivity (Wildman–Crippen MR) is 158 cm³/mol. The number of fused-ring (bicyclic) bond motifs is 3. The lowest BCUT2D eigenvalue weighted by molar-refractivity contribution is -0.132. The number of methoxy groups -OCH3 is 2. The fourth-order valence-electron chi connectivity index (χ4n) is 5.33. The van der Waals surface area contributed by atoms with Crippen molar-refractivity contribution in [2.24, 2.45) is 4.99 Å². The van der Waals surface area contributed by atoms with Gasteiger partial charge in [-0.15, -0.1) is 0 Å². The molecule has 0 unspecified atom stereocenters. The van der Waals surface area contributed by atoms with Gasteiger partial charge in [-0.2, -0.15) is 0 Å². The number of halogens is 1. The Morgan fingerprint density at radius 1 is 1.07 bits per heavy atom. The predicted octanol–water partition coefficient (Wildman–Crippen LogP) is 5.02. The monoisotopic (exact) mass is 616 g/mol. The van der Waals surface area contributed by atoms with Gasteiger partial charge in [0.15, 0.2) is 16.3 Å².